The SMILES string of the molecule is COCC(COCCCOP(=O)(O)OC1CCN(C(=O)CCCCO[C@@H]2OC(CO)[C@H](O)[C@H](O)C2NC(C)=O)CC1)(COCCCOP(=O)(O)OC1CCN(C(=O)CCCCO[C@@H]2OC(CO)[C@H](O)C(O)[C@@H]2NC(C)=O)CC1)COCCCOP(=O)(O)OC1CCN(C(=O)CCCCO[C@@H]2OC(CO)[C@H](O)C(O)[C@@H]2NC(C)=O)CC1. The van der Waals surface area contributed by atoms with Crippen LogP contribution in [0, 0.1) is 5.41 Å². The van der Waals surface area contributed by atoms with E-state index in [9.17, 15) is 103 Å². The third-order valence-electron chi connectivity index (χ3n) is 19.9. The fourth-order valence-corrected chi connectivity index (χ4v) is 16.8. The maximum atomic E-state index is 13.1. The van der Waals surface area contributed by atoms with Gasteiger partial charge >= 0.3 is 23.5 Å². The van der Waals surface area contributed by atoms with Crippen molar-refractivity contribution in [3.8, 4) is 0 Å². The summed E-state index contributed by atoms with van der Waals surface area (Å²) in [5.41, 5.74) is -1.03. The Morgan fingerprint density at radius 3 is 0.878 bits per heavy atom. The predicted octanol–water partition coefficient (Wildman–Crippen LogP) is -2.40. The molecular weight excluding hydrogens is 1600 g/mol. The quantitative estimate of drug-likeness (QED) is 0.0223. The van der Waals surface area contributed by atoms with Crippen molar-refractivity contribution in [2.45, 2.75) is 247 Å². The molecule has 6 heterocycles. The Balaban J connectivity index is 0.895. The van der Waals surface area contributed by atoms with Crippen molar-refractivity contribution in [3.63, 3.8) is 0 Å². The number of phosphoric ester groups is 3. The molecule has 46 heteroatoms. The smallest absolute Gasteiger partial charge is 0.394 e. The topological polar surface area (TPSA) is 590 Å². The maximum Gasteiger partial charge on any atom is 0.472 e. The number of piperidine rings is 3. The average molecular weight is 1720 g/mol. The molecule has 6 aliphatic heterocycles. The van der Waals surface area contributed by atoms with Crippen LogP contribution in [0.15, 0.2) is 0 Å². The monoisotopic (exact) mass is 1720 g/mol. The van der Waals surface area contributed by atoms with E-state index in [-0.39, 0.29) is 220 Å². The molecule has 668 valence electrons. The van der Waals surface area contributed by atoms with Crippen LogP contribution in [0.25, 0.3) is 0 Å². The largest absolute Gasteiger partial charge is 0.472 e. The molecule has 0 saturated carbocycles. The zero-order valence-corrected chi connectivity index (χ0v) is 68.6. The van der Waals surface area contributed by atoms with Crippen LogP contribution < -0.4 is 16.0 Å². The van der Waals surface area contributed by atoms with Gasteiger partial charge in [-0.05, 0) is 96.3 Å². The summed E-state index contributed by atoms with van der Waals surface area (Å²) < 4.78 is 129. The second-order valence-electron chi connectivity index (χ2n) is 29.4. The van der Waals surface area contributed by atoms with Crippen molar-refractivity contribution in [3.05, 3.63) is 0 Å². The maximum absolute atomic E-state index is 13.1. The minimum atomic E-state index is -4.58. The van der Waals surface area contributed by atoms with Gasteiger partial charge in [0, 0.05) is 126 Å². The first kappa shape index (κ1) is 100. The summed E-state index contributed by atoms with van der Waals surface area (Å²) >= 11 is 0. The molecule has 0 aliphatic carbocycles. The highest BCUT2D eigenvalue weighted by atomic mass is 31.2. The number of likely N-dealkylation sites (tertiary alicyclic amines) is 3. The molecule has 9 unspecified atom stereocenters. The lowest BCUT2D eigenvalue weighted by molar-refractivity contribution is -0.270. The van der Waals surface area contributed by atoms with E-state index >= 15 is 0 Å². The lowest BCUT2D eigenvalue weighted by atomic mass is 9.92. The molecule has 6 amide bonds. The number of carbonyl (C=O) groups excluding carboxylic acids is 6. The Morgan fingerprint density at radius 1 is 0.383 bits per heavy atom. The Kier molecular flexibility index (Phi) is 44.7. The molecule has 0 aromatic carbocycles. The zero-order chi connectivity index (χ0) is 84.3. The number of amides is 6. The van der Waals surface area contributed by atoms with Crippen LogP contribution >= 0.6 is 23.5 Å². The fourth-order valence-electron chi connectivity index (χ4n) is 13.8. The third-order valence-corrected chi connectivity index (χ3v) is 23.1. The minimum absolute atomic E-state index is 0.00420. The number of unbranched alkanes of at least 4 members (excludes halogenated alkanes) is 3. The number of aliphatic hydroxyl groups is 9. The van der Waals surface area contributed by atoms with Gasteiger partial charge in [-0.25, -0.2) is 13.7 Å². The molecule has 0 aromatic rings. The van der Waals surface area contributed by atoms with Crippen molar-refractivity contribution in [1.82, 2.24) is 30.7 Å². The number of hydrogen-bond donors (Lipinski definition) is 15. The molecular formula is C69H125N6O37P3. The van der Waals surface area contributed by atoms with Crippen LogP contribution in [-0.2, 0) is 117 Å². The van der Waals surface area contributed by atoms with Crippen molar-refractivity contribution < 1.29 is 178 Å². The molecule has 0 radical (unpaired) electrons. The first-order valence-corrected chi connectivity index (χ1v) is 43.8. The second-order valence-corrected chi connectivity index (χ2v) is 33.6. The molecule has 0 spiro atoms. The number of methoxy groups -OCH3 is 1. The number of ether oxygens (including phenoxy) is 10. The third kappa shape index (κ3) is 35.0. The molecule has 0 aromatic heterocycles. The first-order chi connectivity index (χ1) is 54.7. The normalized spacial score (nSPS) is 28.9. The molecule has 6 saturated heterocycles. The molecule has 6 fully saturated rings. The predicted molar refractivity (Wildman–Crippen MR) is 396 cm³/mol. The minimum Gasteiger partial charge on any atom is -0.394 e. The fraction of sp³-hybridized carbons (Fsp3) is 0.913. The van der Waals surface area contributed by atoms with Gasteiger partial charge in [0.05, 0.1) is 89.8 Å². The number of rotatable bonds is 53. The van der Waals surface area contributed by atoms with Gasteiger partial charge in [-0.2, -0.15) is 0 Å². The Bertz CT molecular complexity index is 2730. The van der Waals surface area contributed by atoms with E-state index in [2.05, 4.69) is 16.0 Å². The van der Waals surface area contributed by atoms with Crippen molar-refractivity contribution in [2.24, 2.45) is 5.41 Å². The Labute approximate surface area is 668 Å². The standard InChI is InChI=1S/C69H125N6O37P3/c1-45(79)70-57-63(88)60(85)51(38-76)107-66(57)101-32-8-5-14-54(82)73-23-17-48(18-24-73)110-113(91,92)104-35-11-29-98-42-69(41-97-4,43-99-30-12-36-105-114(93,94)111-49-19-25-74(26-20-49)55(83)15-6-9-33-102-67-58(71-46(2)80)64(89)61(86)52(39-77)108-67)44-100-31-13-37-106-115(95,96)112-50-21-27-75(28-22-50)56(84)16-7-10-34-103-68-59(72-47(3)81)65(90)62(87)53(40-78)109-68/h48-53,57-68,76-78,85-90H,5-44H2,1-4H3,(H,70,79)(H,71,80)(H,72,81)(H,91,92)(H,93,94)(H,95,96)/t51?,52?,53?,57-,58-,59?,60-,61-,62-,63?,64?,65+,66+,67+,68+,69?/m0/s1. The van der Waals surface area contributed by atoms with Gasteiger partial charge < -0.3 is 139 Å². The van der Waals surface area contributed by atoms with E-state index in [0.29, 0.717) is 38.5 Å². The summed E-state index contributed by atoms with van der Waals surface area (Å²) in [6.45, 7) is 2.68. The highest BCUT2D eigenvalue weighted by molar-refractivity contribution is 7.48. The number of nitrogens with zero attached hydrogens (tertiary/aromatic N) is 3. The van der Waals surface area contributed by atoms with E-state index < -0.39 is 177 Å². The van der Waals surface area contributed by atoms with Crippen LogP contribution in [0.5, 0.6) is 0 Å². The molecule has 6 rings (SSSR count). The van der Waals surface area contributed by atoms with Crippen molar-refractivity contribution >= 4 is 58.9 Å². The number of phosphoric acid groups is 3. The van der Waals surface area contributed by atoms with E-state index in [0.717, 1.165) is 0 Å². The van der Waals surface area contributed by atoms with Gasteiger partial charge in [-0.1, -0.05) is 0 Å². The summed E-state index contributed by atoms with van der Waals surface area (Å²) in [4.78, 5) is 111. The summed E-state index contributed by atoms with van der Waals surface area (Å²) in [5, 5.41) is 98.5. The second kappa shape index (κ2) is 51.3. The van der Waals surface area contributed by atoms with E-state index in [1.165, 1.54) is 27.9 Å². The van der Waals surface area contributed by atoms with Crippen molar-refractivity contribution in [1.29, 1.82) is 0 Å². The van der Waals surface area contributed by atoms with Crippen LogP contribution in [0.3, 0.4) is 0 Å². The van der Waals surface area contributed by atoms with Crippen LogP contribution in [0.1, 0.15) is 136 Å². The van der Waals surface area contributed by atoms with Crippen LogP contribution in [0.2, 0.25) is 0 Å². The molecule has 6 aliphatic rings. The Hall–Kier alpha value is -3.61. The number of nitrogens with one attached hydrogen (secondary N) is 3. The molecule has 115 heavy (non-hydrogen) atoms. The lowest BCUT2D eigenvalue weighted by Gasteiger charge is -2.42. The first-order valence-electron chi connectivity index (χ1n) is 39.3. The number of aliphatic hydroxyl groups excluding tert-OH is 9. The summed E-state index contributed by atoms with van der Waals surface area (Å²) in [7, 11) is -12.3. The van der Waals surface area contributed by atoms with E-state index in [1.54, 1.807) is 14.7 Å². The molecule has 15 N–H and O–H groups in total. The molecule has 18 atom stereocenters. The molecule has 43 nitrogen and oxygen atoms in total. The zero-order valence-electron chi connectivity index (χ0n) is 65.9. The van der Waals surface area contributed by atoms with Crippen LogP contribution in [-0.4, -0.2) is 373 Å². The lowest BCUT2D eigenvalue weighted by Crippen LogP contribution is -2.64. The van der Waals surface area contributed by atoms with Gasteiger partial charge in [-0.15, -0.1) is 0 Å². The van der Waals surface area contributed by atoms with Gasteiger partial charge in [-0.3, -0.25) is 55.9 Å². The summed E-state index contributed by atoms with van der Waals surface area (Å²) in [6.07, 6.45) is -13.1. The van der Waals surface area contributed by atoms with E-state index in [1.807, 2.05) is 0 Å². The summed E-state index contributed by atoms with van der Waals surface area (Å²) in [5.74, 6) is -1.96. The Morgan fingerprint density at radius 2 is 0.643 bits per heavy atom. The number of carbonyl (C=O) groups is 6. The average Bonchev–Trinajstić information content (AvgIpc) is 0.810. The highest BCUT2D eigenvalue weighted by Gasteiger charge is 2.49. The van der Waals surface area contributed by atoms with Crippen LogP contribution in [0.4, 0.5) is 0 Å². The summed E-state index contributed by atoms with van der Waals surface area (Å²) in [6, 6.07) is -3.30. The molecule has 0 bridgehead atoms. The van der Waals surface area contributed by atoms with Gasteiger partial charge in [0.15, 0.2) is 18.9 Å². The van der Waals surface area contributed by atoms with Gasteiger partial charge in [0.1, 0.15) is 73.1 Å². The highest BCUT2D eigenvalue weighted by Crippen LogP contribution is 2.48. The van der Waals surface area contributed by atoms with Crippen molar-refractivity contribution in [2.75, 3.05) is 152 Å². The number of hydrogen-bond acceptors (Lipinski definition) is 34. The van der Waals surface area contributed by atoms with E-state index in [4.69, 9.17) is 74.5 Å². The van der Waals surface area contributed by atoms with Gasteiger partial charge in [0.25, 0.3) is 0 Å². The van der Waals surface area contributed by atoms with Gasteiger partial charge in [0.2, 0.25) is 35.4 Å².